The molecule has 0 unspecified atom stereocenters. The van der Waals surface area contributed by atoms with Gasteiger partial charge in [0.15, 0.2) is 4.93 Å². The predicted octanol–water partition coefficient (Wildman–Crippen LogP) is 5.69. The van der Waals surface area contributed by atoms with Crippen molar-refractivity contribution in [3.63, 3.8) is 0 Å². The minimum Gasteiger partial charge on any atom is -0.491 e. The topological polar surface area (TPSA) is 48.4 Å². The molecule has 0 bridgehead atoms. The molecule has 1 aromatic heterocycles. The van der Waals surface area contributed by atoms with E-state index < -0.39 is 4.93 Å². The number of aromatic nitrogens is 1. The molecule has 0 atom stereocenters. The molecule has 0 N–H and O–H groups in total. The molecule has 1 heterocycles. The van der Waals surface area contributed by atoms with E-state index in [0.29, 0.717) is 6.47 Å². The van der Waals surface area contributed by atoms with Gasteiger partial charge in [0, 0.05) is 16.5 Å². The third-order valence-electron chi connectivity index (χ3n) is 3.93. The second-order valence-electron chi connectivity index (χ2n) is 6.95. The maximum Gasteiger partial charge on any atom is 0.294 e. The Kier molecular flexibility index (Phi) is 5.71. The molecular formula is C22H23NO3S. The molecule has 2 aromatic carbocycles. The third kappa shape index (κ3) is 4.80. The number of hydrogen-bond acceptors (Lipinski definition) is 5. The van der Waals surface area contributed by atoms with Crippen molar-refractivity contribution >= 4 is 29.1 Å². The SMILES string of the molecule is CC(C)Oc1cccc(-c2ccc3nccc(SC(C)(C)OC=O)c3c2)c1. The number of rotatable bonds is 7. The van der Waals surface area contributed by atoms with Crippen molar-refractivity contribution in [2.45, 2.75) is 43.6 Å². The van der Waals surface area contributed by atoms with Gasteiger partial charge in [0.2, 0.25) is 0 Å². The summed E-state index contributed by atoms with van der Waals surface area (Å²) in [6.07, 6.45) is 1.91. The summed E-state index contributed by atoms with van der Waals surface area (Å²) in [4.78, 5) is 15.6. The number of ether oxygens (including phenoxy) is 2. The van der Waals surface area contributed by atoms with E-state index in [1.165, 1.54) is 11.8 Å². The summed E-state index contributed by atoms with van der Waals surface area (Å²) in [6, 6.07) is 16.2. The standard InChI is InChI=1S/C22H23NO3S/c1-15(2)26-18-7-5-6-16(12-18)17-8-9-20-19(13-17)21(10-11-23-20)27-22(3,4)25-14-24/h5-15H,1-4H3. The van der Waals surface area contributed by atoms with Gasteiger partial charge in [0.1, 0.15) is 5.75 Å². The summed E-state index contributed by atoms with van der Waals surface area (Å²) in [5, 5.41) is 1.03. The van der Waals surface area contributed by atoms with E-state index in [0.717, 1.165) is 32.7 Å². The molecule has 3 aromatic rings. The molecule has 0 aliphatic heterocycles. The first kappa shape index (κ1) is 19.2. The summed E-state index contributed by atoms with van der Waals surface area (Å²) in [6.45, 7) is 8.26. The molecule has 4 nitrogen and oxygen atoms in total. The molecule has 0 amide bonds. The van der Waals surface area contributed by atoms with Gasteiger partial charge < -0.3 is 9.47 Å². The summed E-state index contributed by atoms with van der Waals surface area (Å²) in [5.41, 5.74) is 3.07. The fourth-order valence-electron chi connectivity index (χ4n) is 2.82. The van der Waals surface area contributed by atoms with Crippen LogP contribution >= 0.6 is 11.8 Å². The normalized spacial score (nSPS) is 11.6. The molecule has 5 heteroatoms. The van der Waals surface area contributed by atoms with Crippen LogP contribution in [0.25, 0.3) is 22.0 Å². The summed E-state index contributed by atoms with van der Waals surface area (Å²) < 4.78 is 11.0. The number of pyridine rings is 1. The quantitative estimate of drug-likeness (QED) is 0.299. The molecule has 3 rings (SSSR count). The average Bonchev–Trinajstić information content (AvgIpc) is 2.61. The molecular weight excluding hydrogens is 358 g/mol. The Balaban J connectivity index is 2.02. The lowest BCUT2D eigenvalue weighted by Crippen LogP contribution is -2.18. The second-order valence-corrected chi connectivity index (χ2v) is 8.58. The smallest absolute Gasteiger partial charge is 0.294 e. The fraction of sp³-hybridized carbons (Fsp3) is 0.273. The van der Waals surface area contributed by atoms with Crippen LogP contribution in [0.1, 0.15) is 27.7 Å². The number of carbonyl (C=O) groups excluding carboxylic acids is 1. The Morgan fingerprint density at radius 1 is 1.07 bits per heavy atom. The minimum absolute atomic E-state index is 0.129. The van der Waals surface area contributed by atoms with E-state index in [9.17, 15) is 4.79 Å². The Hall–Kier alpha value is -2.53. The van der Waals surface area contributed by atoms with Crippen LogP contribution in [-0.4, -0.2) is 22.5 Å². The van der Waals surface area contributed by atoms with Crippen LogP contribution < -0.4 is 4.74 Å². The maximum absolute atomic E-state index is 10.8. The lowest BCUT2D eigenvalue weighted by molar-refractivity contribution is -0.133. The first-order valence-corrected chi connectivity index (χ1v) is 9.66. The zero-order chi connectivity index (χ0) is 19.4. The van der Waals surface area contributed by atoms with Crippen LogP contribution in [0.15, 0.2) is 59.6 Å². The van der Waals surface area contributed by atoms with Crippen LogP contribution in [0.4, 0.5) is 0 Å². The number of fused-ring (bicyclic) bond motifs is 1. The van der Waals surface area contributed by atoms with Crippen LogP contribution in [0.2, 0.25) is 0 Å². The van der Waals surface area contributed by atoms with Crippen molar-refractivity contribution in [1.29, 1.82) is 0 Å². The highest BCUT2D eigenvalue weighted by Gasteiger charge is 2.22. The van der Waals surface area contributed by atoms with Crippen molar-refractivity contribution in [2.24, 2.45) is 0 Å². The number of thioether (sulfide) groups is 1. The van der Waals surface area contributed by atoms with Crippen molar-refractivity contribution in [3.05, 3.63) is 54.7 Å². The molecule has 0 aliphatic carbocycles. The second kappa shape index (κ2) is 8.01. The van der Waals surface area contributed by atoms with E-state index >= 15 is 0 Å². The largest absolute Gasteiger partial charge is 0.491 e. The average molecular weight is 381 g/mol. The summed E-state index contributed by atoms with van der Waals surface area (Å²) in [7, 11) is 0. The number of nitrogens with zero attached hydrogens (tertiary/aromatic N) is 1. The highest BCUT2D eigenvalue weighted by molar-refractivity contribution is 8.00. The van der Waals surface area contributed by atoms with Gasteiger partial charge in [-0.15, -0.1) is 0 Å². The first-order chi connectivity index (χ1) is 12.9. The molecule has 0 fully saturated rings. The number of benzene rings is 2. The summed E-state index contributed by atoms with van der Waals surface area (Å²) in [5.74, 6) is 0.851. The Labute approximate surface area is 163 Å². The summed E-state index contributed by atoms with van der Waals surface area (Å²) >= 11 is 1.50. The van der Waals surface area contributed by atoms with Crippen LogP contribution in [0, 0.1) is 0 Å². The Bertz CT molecular complexity index is 953. The Morgan fingerprint density at radius 3 is 2.59 bits per heavy atom. The van der Waals surface area contributed by atoms with E-state index in [1.807, 2.05) is 58.0 Å². The van der Waals surface area contributed by atoms with Gasteiger partial charge in [0.25, 0.3) is 6.47 Å². The molecule has 0 saturated carbocycles. The van der Waals surface area contributed by atoms with E-state index in [1.54, 1.807) is 6.20 Å². The van der Waals surface area contributed by atoms with Crippen LogP contribution in [0.5, 0.6) is 5.75 Å². The van der Waals surface area contributed by atoms with Gasteiger partial charge in [-0.1, -0.05) is 30.0 Å². The zero-order valence-corrected chi connectivity index (χ0v) is 16.7. The molecule has 0 saturated heterocycles. The van der Waals surface area contributed by atoms with Gasteiger partial charge in [-0.05, 0) is 69.2 Å². The lowest BCUT2D eigenvalue weighted by Gasteiger charge is -2.22. The molecule has 0 radical (unpaired) electrons. The molecule has 27 heavy (non-hydrogen) atoms. The third-order valence-corrected chi connectivity index (χ3v) is 5.09. The molecule has 140 valence electrons. The fourth-order valence-corrected chi connectivity index (χ4v) is 3.83. The van der Waals surface area contributed by atoms with Crippen molar-refractivity contribution in [1.82, 2.24) is 4.98 Å². The van der Waals surface area contributed by atoms with Gasteiger partial charge in [-0.2, -0.15) is 0 Å². The highest BCUT2D eigenvalue weighted by Crippen LogP contribution is 2.38. The van der Waals surface area contributed by atoms with Gasteiger partial charge in [-0.25, -0.2) is 0 Å². The van der Waals surface area contributed by atoms with E-state index in [4.69, 9.17) is 9.47 Å². The number of carbonyl (C=O) groups is 1. The predicted molar refractivity (Wildman–Crippen MR) is 110 cm³/mol. The Morgan fingerprint density at radius 2 is 1.85 bits per heavy atom. The van der Waals surface area contributed by atoms with Gasteiger partial charge >= 0.3 is 0 Å². The lowest BCUT2D eigenvalue weighted by atomic mass is 10.0. The minimum atomic E-state index is -0.656. The number of hydrogen-bond donors (Lipinski definition) is 0. The zero-order valence-electron chi connectivity index (χ0n) is 15.9. The highest BCUT2D eigenvalue weighted by atomic mass is 32.2. The van der Waals surface area contributed by atoms with Crippen LogP contribution in [0.3, 0.4) is 0 Å². The van der Waals surface area contributed by atoms with Crippen molar-refractivity contribution in [2.75, 3.05) is 0 Å². The maximum atomic E-state index is 10.8. The monoisotopic (exact) mass is 381 g/mol. The molecule has 0 spiro atoms. The van der Waals surface area contributed by atoms with E-state index in [-0.39, 0.29) is 6.10 Å². The van der Waals surface area contributed by atoms with Crippen LogP contribution in [-0.2, 0) is 9.53 Å². The van der Waals surface area contributed by atoms with Gasteiger partial charge in [0.05, 0.1) is 11.6 Å². The molecule has 0 aliphatic rings. The van der Waals surface area contributed by atoms with E-state index in [2.05, 4.69) is 23.2 Å². The first-order valence-electron chi connectivity index (χ1n) is 8.84. The van der Waals surface area contributed by atoms with Crippen molar-refractivity contribution in [3.8, 4) is 16.9 Å². The van der Waals surface area contributed by atoms with Gasteiger partial charge in [-0.3, -0.25) is 9.78 Å². The van der Waals surface area contributed by atoms with Crippen molar-refractivity contribution < 1.29 is 14.3 Å².